The molecule has 0 aliphatic carbocycles. The average Bonchev–Trinajstić information content (AvgIpc) is 1.94. The second-order valence-electron chi connectivity index (χ2n) is 1.67. The van der Waals surface area contributed by atoms with Crippen LogP contribution >= 0.6 is 0 Å². The zero-order chi connectivity index (χ0) is 7.40. The SMILES string of the molecule is Nc1ccncc1OCF. The Kier molecular flexibility index (Phi) is 2.04. The van der Waals surface area contributed by atoms with Crippen LogP contribution in [0.4, 0.5) is 10.1 Å². The van der Waals surface area contributed by atoms with Crippen LogP contribution in [-0.2, 0) is 0 Å². The maximum atomic E-state index is 11.6. The number of pyridine rings is 1. The second-order valence-corrected chi connectivity index (χ2v) is 1.67. The lowest BCUT2D eigenvalue weighted by Gasteiger charge is -2.01. The first-order chi connectivity index (χ1) is 4.84. The van der Waals surface area contributed by atoms with Crippen LogP contribution in [-0.4, -0.2) is 11.8 Å². The van der Waals surface area contributed by atoms with Crippen molar-refractivity contribution in [2.45, 2.75) is 0 Å². The highest BCUT2D eigenvalue weighted by molar-refractivity contribution is 5.49. The number of hydrogen-bond acceptors (Lipinski definition) is 3. The summed E-state index contributed by atoms with van der Waals surface area (Å²) in [4.78, 5) is 3.69. The molecule has 0 saturated carbocycles. The monoisotopic (exact) mass is 142 g/mol. The van der Waals surface area contributed by atoms with E-state index in [1.807, 2.05) is 0 Å². The number of anilines is 1. The van der Waals surface area contributed by atoms with Gasteiger partial charge in [-0.15, -0.1) is 0 Å². The molecule has 1 aromatic heterocycles. The van der Waals surface area contributed by atoms with Crippen molar-refractivity contribution in [2.24, 2.45) is 0 Å². The molecule has 0 aliphatic rings. The van der Waals surface area contributed by atoms with Crippen LogP contribution < -0.4 is 10.5 Å². The van der Waals surface area contributed by atoms with Gasteiger partial charge in [0.1, 0.15) is 0 Å². The van der Waals surface area contributed by atoms with E-state index < -0.39 is 6.86 Å². The van der Waals surface area contributed by atoms with Crippen LogP contribution in [0, 0.1) is 0 Å². The number of halogens is 1. The van der Waals surface area contributed by atoms with Crippen molar-refractivity contribution >= 4 is 5.69 Å². The van der Waals surface area contributed by atoms with Gasteiger partial charge in [0, 0.05) is 6.20 Å². The smallest absolute Gasteiger partial charge is 0.228 e. The van der Waals surface area contributed by atoms with Gasteiger partial charge >= 0.3 is 0 Å². The molecule has 0 atom stereocenters. The van der Waals surface area contributed by atoms with Gasteiger partial charge in [-0.3, -0.25) is 4.98 Å². The number of ether oxygens (including phenoxy) is 1. The summed E-state index contributed by atoms with van der Waals surface area (Å²) in [6.07, 6.45) is 2.88. The Labute approximate surface area is 57.6 Å². The summed E-state index contributed by atoms with van der Waals surface area (Å²) in [7, 11) is 0. The molecule has 0 saturated heterocycles. The van der Waals surface area contributed by atoms with E-state index in [0.717, 1.165) is 0 Å². The molecule has 0 spiro atoms. The highest BCUT2D eigenvalue weighted by Gasteiger charge is 1.96. The normalized spacial score (nSPS) is 9.30. The Morgan fingerprint density at radius 1 is 1.70 bits per heavy atom. The van der Waals surface area contributed by atoms with Gasteiger partial charge < -0.3 is 10.5 Å². The fourth-order valence-corrected chi connectivity index (χ4v) is 0.570. The van der Waals surface area contributed by atoms with Gasteiger partial charge in [-0.25, -0.2) is 4.39 Å². The Balaban J connectivity index is 2.81. The van der Waals surface area contributed by atoms with Gasteiger partial charge in [0.05, 0.1) is 11.9 Å². The van der Waals surface area contributed by atoms with Crippen LogP contribution in [0.25, 0.3) is 0 Å². The van der Waals surface area contributed by atoms with E-state index in [1.165, 1.54) is 12.4 Å². The molecule has 3 nitrogen and oxygen atoms in total. The minimum atomic E-state index is -0.879. The van der Waals surface area contributed by atoms with Crippen molar-refractivity contribution in [3.8, 4) is 5.75 Å². The third-order valence-corrected chi connectivity index (χ3v) is 1.03. The van der Waals surface area contributed by atoms with Crippen molar-refractivity contribution in [1.29, 1.82) is 0 Å². The van der Waals surface area contributed by atoms with Gasteiger partial charge in [0.2, 0.25) is 6.86 Å². The van der Waals surface area contributed by atoms with E-state index in [1.54, 1.807) is 6.07 Å². The Bertz CT molecular complexity index is 217. The number of aromatic nitrogens is 1. The number of nitrogens with two attached hydrogens (primary N) is 1. The largest absolute Gasteiger partial charge is 0.459 e. The van der Waals surface area contributed by atoms with Crippen molar-refractivity contribution < 1.29 is 9.13 Å². The first kappa shape index (κ1) is 6.80. The molecule has 0 fully saturated rings. The van der Waals surface area contributed by atoms with Gasteiger partial charge in [0.15, 0.2) is 5.75 Å². The number of alkyl halides is 1. The molecule has 1 aromatic rings. The summed E-state index contributed by atoms with van der Waals surface area (Å²) >= 11 is 0. The summed E-state index contributed by atoms with van der Waals surface area (Å²) < 4.78 is 16.0. The van der Waals surface area contributed by atoms with Crippen LogP contribution in [0.15, 0.2) is 18.5 Å². The first-order valence-corrected chi connectivity index (χ1v) is 2.73. The molecular formula is C6H7FN2O. The molecule has 0 aliphatic heterocycles. The van der Waals surface area contributed by atoms with Gasteiger partial charge in [0.25, 0.3) is 0 Å². The minimum Gasteiger partial charge on any atom is -0.459 e. The Morgan fingerprint density at radius 2 is 2.50 bits per heavy atom. The zero-order valence-electron chi connectivity index (χ0n) is 5.25. The lowest BCUT2D eigenvalue weighted by atomic mass is 10.4. The lowest BCUT2D eigenvalue weighted by molar-refractivity contribution is 0.192. The maximum Gasteiger partial charge on any atom is 0.228 e. The molecule has 54 valence electrons. The maximum absolute atomic E-state index is 11.6. The van der Waals surface area contributed by atoms with Gasteiger partial charge in [-0.05, 0) is 6.07 Å². The second kappa shape index (κ2) is 3.00. The van der Waals surface area contributed by atoms with E-state index >= 15 is 0 Å². The van der Waals surface area contributed by atoms with Crippen molar-refractivity contribution in [2.75, 3.05) is 12.6 Å². The van der Waals surface area contributed by atoms with Crippen LogP contribution in [0.1, 0.15) is 0 Å². The summed E-state index contributed by atoms with van der Waals surface area (Å²) in [6, 6.07) is 1.55. The molecule has 2 N–H and O–H groups in total. The van der Waals surface area contributed by atoms with Crippen LogP contribution in [0.2, 0.25) is 0 Å². The molecule has 0 amide bonds. The summed E-state index contributed by atoms with van der Waals surface area (Å²) in [5, 5.41) is 0. The summed E-state index contributed by atoms with van der Waals surface area (Å²) in [5.74, 6) is 0.282. The molecule has 0 radical (unpaired) electrons. The molecule has 4 heteroatoms. The van der Waals surface area contributed by atoms with Gasteiger partial charge in [-0.1, -0.05) is 0 Å². The third-order valence-electron chi connectivity index (χ3n) is 1.03. The number of nitrogen functional groups attached to an aromatic ring is 1. The van der Waals surface area contributed by atoms with E-state index in [9.17, 15) is 4.39 Å². The number of hydrogen-bond donors (Lipinski definition) is 1. The predicted molar refractivity (Wildman–Crippen MR) is 35.3 cm³/mol. The molecule has 1 rings (SSSR count). The van der Waals surface area contributed by atoms with E-state index in [4.69, 9.17) is 5.73 Å². The predicted octanol–water partition coefficient (Wildman–Crippen LogP) is 0.970. The molecule has 0 unspecified atom stereocenters. The molecule has 0 bridgehead atoms. The van der Waals surface area contributed by atoms with E-state index in [-0.39, 0.29) is 5.75 Å². The lowest BCUT2D eigenvalue weighted by Crippen LogP contribution is -1.95. The van der Waals surface area contributed by atoms with E-state index in [2.05, 4.69) is 9.72 Å². The molecule has 1 heterocycles. The average molecular weight is 142 g/mol. The number of rotatable bonds is 2. The fourth-order valence-electron chi connectivity index (χ4n) is 0.570. The highest BCUT2D eigenvalue weighted by atomic mass is 19.1. The van der Waals surface area contributed by atoms with Crippen LogP contribution in [0.5, 0.6) is 5.75 Å². The topological polar surface area (TPSA) is 48.1 Å². The van der Waals surface area contributed by atoms with E-state index in [0.29, 0.717) is 5.69 Å². The number of nitrogens with zero attached hydrogens (tertiary/aromatic N) is 1. The Morgan fingerprint density at radius 3 is 3.10 bits per heavy atom. The molecule has 0 aromatic carbocycles. The van der Waals surface area contributed by atoms with Crippen LogP contribution in [0.3, 0.4) is 0 Å². The standard InChI is InChI=1S/C6H7FN2O/c7-4-10-6-3-9-2-1-5(6)8/h1-3H,4H2,(H2,8,9). The summed E-state index contributed by atoms with van der Waals surface area (Å²) in [5.41, 5.74) is 5.77. The van der Waals surface area contributed by atoms with Gasteiger partial charge in [-0.2, -0.15) is 0 Å². The quantitative estimate of drug-likeness (QED) is 0.669. The van der Waals surface area contributed by atoms with Crippen molar-refractivity contribution in [3.05, 3.63) is 18.5 Å². The fraction of sp³-hybridized carbons (Fsp3) is 0.167. The first-order valence-electron chi connectivity index (χ1n) is 2.73. The third kappa shape index (κ3) is 1.34. The zero-order valence-corrected chi connectivity index (χ0v) is 5.25. The van der Waals surface area contributed by atoms with Crippen molar-refractivity contribution in [3.63, 3.8) is 0 Å². The van der Waals surface area contributed by atoms with Crippen molar-refractivity contribution in [1.82, 2.24) is 4.98 Å². The molecular weight excluding hydrogens is 135 g/mol. The summed E-state index contributed by atoms with van der Waals surface area (Å²) in [6.45, 7) is -0.879. The minimum absolute atomic E-state index is 0.282. The highest BCUT2D eigenvalue weighted by Crippen LogP contribution is 2.17. The Hall–Kier alpha value is -1.32. The molecule has 10 heavy (non-hydrogen) atoms.